The third-order valence-corrected chi connectivity index (χ3v) is 8.18. The molecule has 4 heterocycles. The second kappa shape index (κ2) is 11.1. The Morgan fingerprint density at radius 2 is 2.02 bits per heavy atom. The molecule has 5 rings (SSSR count). The maximum Gasteiger partial charge on any atom is 0.232 e. The smallest absolute Gasteiger partial charge is 0.232 e. The predicted octanol–water partition coefficient (Wildman–Crippen LogP) is 5.21. The number of anilines is 1. The standard InChI is InChI=1S/C26H25ClF2N6O4S/c1-3-10-40(37,38)34-23-19(28)8-7-16(21(23)29)24(36)22-17-11-15(18-13-30-14(2)32-25(18)27)12-31-26(17)35(33-22)20-6-4-5-9-39-20/h7-8,11-13,20,34H,3-6,9-10H2,1-2H3. The summed E-state index contributed by atoms with van der Waals surface area (Å²) >= 11 is 6.34. The van der Waals surface area contributed by atoms with Crippen molar-refractivity contribution in [1.29, 1.82) is 0 Å². The number of carbonyl (C=O) groups is 1. The fraction of sp³-hybridized carbons (Fsp3) is 0.346. The molecule has 0 saturated carbocycles. The highest BCUT2D eigenvalue weighted by molar-refractivity contribution is 7.92. The van der Waals surface area contributed by atoms with Crippen molar-refractivity contribution in [2.45, 2.75) is 45.8 Å². The largest absolute Gasteiger partial charge is 0.356 e. The fourth-order valence-corrected chi connectivity index (χ4v) is 5.93. The van der Waals surface area contributed by atoms with Crippen molar-refractivity contribution in [3.8, 4) is 11.1 Å². The number of ether oxygens (including phenoxy) is 1. The van der Waals surface area contributed by atoms with Gasteiger partial charge in [-0.25, -0.2) is 36.8 Å². The van der Waals surface area contributed by atoms with Crippen molar-refractivity contribution >= 4 is 44.1 Å². The SMILES string of the molecule is CCCS(=O)(=O)Nc1c(F)ccc(C(=O)c2nn(C3CCCCO3)c3ncc(-c4cnc(C)nc4Cl)cc23)c1F. The average molecular weight is 591 g/mol. The van der Waals surface area contributed by atoms with E-state index in [1.165, 1.54) is 17.1 Å². The molecule has 1 aliphatic rings. The van der Waals surface area contributed by atoms with Crippen molar-refractivity contribution in [1.82, 2.24) is 24.7 Å². The molecule has 1 N–H and O–H groups in total. The van der Waals surface area contributed by atoms with Crippen LogP contribution in [0.5, 0.6) is 0 Å². The number of sulfonamides is 1. The first-order valence-corrected chi connectivity index (χ1v) is 14.6. The molecule has 1 aromatic carbocycles. The molecule has 0 bridgehead atoms. The zero-order valence-corrected chi connectivity index (χ0v) is 23.2. The zero-order chi connectivity index (χ0) is 28.6. The molecule has 14 heteroatoms. The van der Waals surface area contributed by atoms with Gasteiger partial charge >= 0.3 is 0 Å². The Kier molecular flexibility index (Phi) is 7.80. The van der Waals surface area contributed by atoms with Crippen LogP contribution in [-0.4, -0.2) is 51.3 Å². The van der Waals surface area contributed by atoms with Crippen LogP contribution >= 0.6 is 11.6 Å². The summed E-state index contributed by atoms with van der Waals surface area (Å²) in [6.07, 6.45) is 5.17. The number of pyridine rings is 1. The lowest BCUT2D eigenvalue weighted by Crippen LogP contribution is -2.20. The summed E-state index contributed by atoms with van der Waals surface area (Å²) in [6.45, 7) is 3.80. The first-order valence-electron chi connectivity index (χ1n) is 12.6. The molecule has 0 amide bonds. The number of fused-ring (bicyclic) bond motifs is 1. The lowest BCUT2D eigenvalue weighted by molar-refractivity contribution is -0.0371. The van der Waals surface area contributed by atoms with Crippen LogP contribution < -0.4 is 4.72 Å². The van der Waals surface area contributed by atoms with E-state index in [0.717, 1.165) is 25.0 Å². The van der Waals surface area contributed by atoms with E-state index in [0.29, 0.717) is 35.6 Å². The van der Waals surface area contributed by atoms with E-state index >= 15 is 4.39 Å². The molecule has 4 aromatic rings. The highest BCUT2D eigenvalue weighted by Crippen LogP contribution is 2.33. The molecule has 40 heavy (non-hydrogen) atoms. The van der Waals surface area contributed by atoms with Crippen LogP contribution in [0.1, 0.15) is 60.7 Å². The molecule has 0 radical (unpaired) electrons. The lowest BCUT2D eigenvalue weighted by atomic mass is 10.0. The number of nitrogens with zero attached hydrogens (tertiary/aromatic N) is 5. The first kappa shape index (κ1) is 28.0. The maximum atomic E-state index is 15.5. The topological polar surface area (TPSA) is 129 Å². The summed E-state index contributed by atoms with van der Waals surface area (Å²) in [5, 5.41) is 4.92. The third-order valence-electron chi connectivity index (χ3n) is 6.43. The second-order valence-corrected chi connectivity index (χ2v) is 11.6. The van der Waals surface area contributed by atoms with E-state index in [2.05, 4.69) is 20.1 Å². The number of nitrogens with one attached hydrogen (secondary N) is 1. The van der Waals surface area contributed by atoms with Crippen molar-refractivity contribution in [3.63, 3.8) is 0 Å². The summed E-state index contributed by atoms with van der Waals surface area (Å²) < 4.78 is 63.8. The van der Waals surface area contributed by atoms with Gasteiger partial charge in [0.1, 0.15) is 28.2 Å². The fourth-order valence-electron chi connectivity index (χ4n) is 4.52. The molecule has 210 valence electrons. The number of aromatic nitrogens is 5. The molecule has 0 spiro atoms. The van der Waals surface area contributed by atoms with Crippen LogP contribution in [0.4, 0.5) is 14.5 Å². The number of ketones is 1. The van der Waals surface area contributed by atoms with Crippen LogP contribution in [0, 0.1) is 18.6 Å². The minimum atomic E-state index is -4.04. The number of halogens is 3. The van der Waals surface area contributed by atoms with Gasteiger partial charge in [0, 0.05) is 30.1 Å². The number of aryl methyl sites for hydroxylation is 1. The Morgan fingerprint density at radius 3 is 2.73 bits per heavy atom. The van der Waals surface area contributed by atoms with Gasteiger partial charge in [-0.3, -0.25) is 9.52 Å². The Labute approximate surface area is 233 Å². The molecular formula is C26H25ClF2N6O4S. The van der Waals surface area contributed by atoms with Crippen LogP contribution in [0.15, 0.2) is 30.6 Å². The monoisotopic (exact) mass is 590 g/mol. The second-order valence-electron chi connectivity index (χ2n) is 9.37. The van der Waals surface area contributed by atoms with Crippen molar-refractivity contribution in [3.05, 3.63) is 64.5 Å². The summed E-state index contributed by atoms with van der Waals surface area (Å²) in [4.78, 5) is 26.6. The Bertz CT molecular complexity index is 1720. The average Bonchev–Trinajstić information content (AvgIpc) is 3.30. The maximum absolute atomic E-state index is 15.5. The summed E-state index contributed by atoms with van der Waals surface area (Å²) in [5.74, 6) is -3.27. The lowest BCUT2D eigenvalue weighted by Gasteiger charge is -2.23. The minimum Gasteiger partial charge on any atom is -0.356 e. The first-order chi connectivity index (χ1) is 19.1. The van der Waals surface area contributed by atoms with Gasteiger partial charge in [-0.2, -0.15) is 5.10 Å². The number of carbonyl (C=O) groups excluding carboxylic acids is 1. The van der Waals surface area contributed by atoms with E-state index in [1.807, 2.05) is 4.72 Å². The van der Waals surface area contributed by atoms with Gasteiger partial charge in [-0.1, -0.05) is 18.5 Å². The van der Waals surface area contributed by atoms with Gasteiger partial charge in [-0.05, 0) is 50.8 Å². The van der Waals surface area contributed by atoms with Gasteiger partial charge in [0.2, 0.25) is 15.8 Å². The summed E-state index contributed by atoms with van der Waals surface area (Å²) in [5.41, 5.74) is -0.398. The Morgan fingerprint density at radius 1 is 1.23 bits per heavy atom. The number of hydrogen-bond donors (Lipinski definition) is 1. The summed E-state index contributed by atoms with van der Waals surface area (Å²) in [6, 6.07) is 3.40. The van der Waals surface area contributed by atoms with E-state index in [4.69, 9.17) is 16.3 Å². The van der Waals surface area contributed by atoms with Crippen LogP contribution in [0.3, 0.4) is 0 Å². The number of benzene rings is 1. The van der Waals surface area contributed by atoms with Crippen LogP contribution in [-0.2, 0) is 14.8 Å². The predicted molar refractivity (Wildman–Crippen MR) is 145 cm³/mol. The van der Waals surface area contributed by atoms with Gasteiger partial charge in [0.15, 0.2) is 17.7 Å². The Balaban J connectivity index is 1.66. The molecule has 1 fully saturated rings. The van der Waals surface area contributed by atoms with Crippen molar-refractivity contribution in [2.24, 2.45) is 0 Å². The normalized spacial score (nSPS) is 15.9. The van der Waals surface area contributed by atoms with E-state index in [-0.39, 0.29) is 28.4 Å². The molecule has 1 saturated heterocycles. The zero-order valence-electron chi connectivity index (χ0n) is 21.6. The van der Waals surface area contributed by atoms with Gasteiger partial charge in [0.05, 0.1) is 16.7 Å². The van der Waals surface area contributed by atoms with Crippen LogP contribution in [0.2, 0.25) is 5.15 Å². The van der Waals surface area contributed by atoms with E-state index in [9.17, 15) is 17.6 Å². The number of rotatable bonds is 8. The third kappa shape index (κ3) is 5.40. The molecule has 1 aliphatic heterocycles. The van der Waals surface area contributed by atoms with Gasteiger partial charge in [-0.15, -0.1) is 0 Å². The molecule has 1 unspecified atom stereocenters. The Hall–Kier alpha value is -3.55. The van der Waals surface area contributed by atoms with Crippen LogP contribution in [0.25, 0.3) is 22.2 Å². The molecule has 1 atom stereocenters. The number of hydrogen-bond acceptors (Lipinski definition) is 8. The minimum absolute atomic E-state index is 0.171. The molecule has 0 aliphatic carbocycles. The van der Waals surface area contributed by atoms with E-state index < -0.39 is 44.9 Å². The van der Waals surface area contributed by atoms with Crippen molar-refractivity contribution < 1.29 is 26.7 Å². The summed E-state index contributed by atoms with van der Waals surface area (Å²) in [7, 11) is -4.04. The van der Waals surface area contributed by atoms with E-state index in [1.54, 1.807) is 19.9 Å². The quantitative estimate of drug-likeness (QED) is 0.219. The van der Waals surface area contributed by atoms with Crippen molar-refractivity contribution in [2.75, 3.05) is 17.1 Å². The molecule has 3 aromatic heterocycles. The molecule has 10 nitrogen and oxygen atoms in total. The van der Waals surface area contributed by atoms with Gasteiger partial charge in [0.25, 0.3) is 0 Å². The molecular weight excluding hydrogens is 566 g/mol. The highest BCUT2D eigenvalue weighted by Gasteiger charge is 2.29. The van der Waals surface area contributed by atoms with Gasteiger partial charge < -0.3 is 4.74 Å². The highest BCUT2D eigenvalue weighted by atomic mass is 35.5.